The molecule has 54 heavy (non-hydrogen) atoms. The third-order valence-corrected chi connectivity index (χ3v) is 11.7. The molecule has 0 radical (unpaired) electrons. The number of benzene rings is 4. The maximum absolute atomic E-state index is 13.6. The van der Waals surface area contributed by atoms with Gasteiger partial charge in [0, 0.05) is 43.1 Å². The summed E-state index contributed by atoms with van der Waals surface area (Å²) < 4.78 is 10.9. The van der Waals surface area contributed by atoms with Crippen LogP contribution in [0.2, 0.25) is 0 Å². The smallest absolute Gasteiger partial charge is 0.183 e. The second kappa shape index (κ2) is 19.5. The molecule has 2 saturated heterocycles. The number of Topliss-reactive ketones (excluding diaryl/α,β-unsaturated/α-hetero) is 1. The maximum atomic E-state index is 13.6. The normalized spacial score (nSPS) is 17.6. The summed E-state index contributed by atoms with van der Waals surface area (Å²) in [5.74, 6) is 0.187. The molecule has 6 rings (SSSR count). The summed E-state index contributed by atoms with van der Waals surface area (Å²) in [5.41, 5.74) is 5.65. The highest BCUT2D eigenvalue weighted by atomic mass is 16.5. The number of aliphatic hydroxyl groups is 1. The fourth-order valence-corrected chi connectivity index (χ4v) is 7.97. The number of rotatable bonds is 14. The third-order valence-electron chi connectivity index (χ3n) is 11.7. The van der Waals surface area contributed by atoms with E-state index >= 15 is 0 Å². The van der Waals surface area contributed by atoms with E-state index in [4.69, 9.17) is 9.47 Å². The quantitative estimate of drug-likeness (QED) is 0.137. The van der Waals surface area contributed by atoms with Gasteiger partial charge in [-0.15, -0.1) is 0 Å². The van der Waals surface area contributed by atoms with Crippen molar-refractivity contribution in [2.24, 2.45) is 0 Å². The number of likely N-dealkylation sites (N-methyl/N-ethyl adjacent to an activating group) is 2. The van der Waals surface area contributed by atoms with Crippen molar-refractivity contribution in [3.05, 3.63) is 131 Å². The van der Waals surface area contributed by atoms with Crippen molar-refractivity contribution >= 4 is 17.2 Å². The van der Waals surface area contributed by atoms with Crippen molar-refractivity contribution < 1.29 is 19.4 Å². The van der Waals surface area contributed by atoms with Gasteiger partial charge < -0.3 is 29.3 Å². The Kier molecular flexibility index (Phi) is 14.9. The van der Waals surface area contributed by atoms with Crippen LogP contribution in [0, 0.1) is 0 Å². The molecular weight excluding hydrogens is 673 g/mol. The second-order valence-electron chi connectivity index (χ2n) is 15.0. The maximum Gasteiger partial charge on any atom is 0.183 e. The molecule has 8 nitrogen and oxygen atoms in total. The van der Waals surface area contributed by atoms with Crippen LogP contribution < -0.4 is 9.80 Å². The van der Waals surface area contributed by atoms with E-state index in [-0.39, 0.29) is 11.3 Å². The monoisotopic (exact) mass is 734 g/mol. The molecule has 1 N–H and O–H groups in total. The summed E-state index contributed by atoms with van der Waals surface area (Å²) in [7, 11) is 8.15. The van der Waals surface area contributed by atoms with Crippen molar-refractivity contribution in [2.75, 3.05) is 90.6 Å². The lowest BCUT2D eigenvalue weighted by Gasteiger charge is -2.43. The standard InChI is InChI=1S/C23H32N2O2.C23H30N2O2/c2*1-4-23(24(2)3,18-19-8-6-5-7-9-19)22(26)20-10-12-21(13-11-20)25-14-16-27-17-15-25/h5-13,22,26H,4,14-18H2,1-3H3;5-13H,4,14-18H2,1-3H3. The summed E-state index contributed by atoms with van der Waals surface area (Å²) in [5, 5.41) is 11.4. The highest BCUT2D eigenvalue weighted by Gasteiger charge is 2.40. The number of carbonyl (C=O) groups excluding carboxylic acids is 1. The van der Waals surface area contributed by atoms with Crippen molar-refractivity contribution in [3.8, 4) is 0 Å². The molecule has 0 aliphatic carbocycles. The van der Waals surface area contributed by atoms with Gasteiger partial charge in [-0.1, -0.05) is 86.6 Å². The molecule has 3 unspecified atom stereocenters. The topological polar surface area (TPSA) is 68.7 Å². The Balaban J connectivity index is 0.000000208. The first-order valence-electron chi connectivity index (χ1n) is 19.6. The van der Waals surface area contributed by atoms with Gasteiger partial charge in [0.25, 0.3) is 0 Å². The highest BCUT2D eigenvalue weighted by molar-refractivity contribution is 6.03. The number of carbonyl (C=O) groups is 1. The van der Waals surface area contributed by atoms with Crippen molar-refractivity contribution in [3.63, 3.8) is 0 Å². The minimum Gasteiger partial charge on any atom is -0.386 e. The number of nitrogens with zero attached hydrogens (tertiary/aromatic N) is 4. The summed E-state index contributed by atoms with van der Waals surface area (Å²) in [6.45, 7) is 11.0. The average molecular weight is 735 g/mol. The van der Waals surface area contributed by atoms with E-state index in [2.05, 4.69) is 120 Å². The zero-order valence-electron chi connectivity index (χ0n) is 33.4. The molecule has 0 aromatic heterocycles. The molecule has 4 aromatic carbocycles. The summed E-state index contributed by atoms with van der Waals surface area (Å²) in [6, 6.07) is 37.2. The predicted octanol–water partition coefficient (Wildman–Crippen LogP) is 7.17. The van der Waals surface area contributed by atoms with Crippen molar-refractivity contribution in [2.45, 2.75) is 56.7 Å². The lowest BCUT2D eigenvalue weighted by Crippen LogP contribution is -2.52. The Morgan fingerprint density at radius 3 is 1.48 bits per heavy atom. The molecule has 8 heteroatoms. The first-order chi connectivity index (χ1) is 26.1. The zero-order chi connectivity index (χ0) is 38.6. The van der Waals surface area contributed by atoms with Gasteiger partial charge in [0.1, 0.15) is 0 Å². The lowest BCUT2D eigenvalue weighted by molar-refractivity contribution is -0.0122. The Morgan fingerprint density at radius 1 is 0.630 bits per heavy atom. The average Bonchev–Trinajstić information content (AvgIpc) is 3.23. The summed E-state index contributed by atoms with van der Waals surface area (Å²) in [6.07, 6.45) is 2.59. The third kappa shape index (κ3) is 9.78. The first kappa shape index (κ1) is 41.1. The highest BCUT2D eigenvalue weighted by Crippen LogP contribution is 2.37. The van der Waals surface area contributed by atoms with Crippen molar-refractivity contribution in [1.29, 1.82) is 0 Å². The van der Waals surface area contributed by atoms with Gasteiger partial charge in [-0.25, -0.2) is 0 Å². The van der Waals surface area contributed by atoms with Crippen LogP contribution in [0.25, 0.3) is 0 Å². The fourth-order valence-electron chi connectivity index (χ4n) is 7.97. The van der Waals surface area contributed by atoms with Gasteiger partial charge in [0.15, 0.2) is 5.78 Å². The van der Waals surface area contributed by atoms with E-state index < -0.39 is 11.6 Å². The molecule has 290 valence electrons. The lowest BCUT2D eigenvalue weighted by atomic mass is 9.79. The van der Waals surface area contributed by atoms with E-state index in [1.54, 1.807) is 0 Å². The zero-order valence-corrected chi connectivity index (χ0v) is 33.4. The number of morpholine rings is 2. The molecule has 2 aliphatic rings. The second-order valence-corrected chi connectivity index (χ2v) is 15.0. The van der Waals surface area contributed by atoms with Crippen molar-refractivity contribution in [1.82, 2.24) is 9.80 Å². The number of aliphatic hydroxyl groups excluding tert-OH is 1. The minimum atomic E-state index is -0.559. The van der Waals surface area contributed by atoms with Crippen LogP contribution in [-0.4, -0.2) is 113 Å². The first-order valence-corrected chi connectivity index (χ1v) is 19.6. The number of hydrogen-bond donors (Lipinski definition) is 1. The van der Waals surface area contributed by atoms with Crippen LogP contribution in [0.4, 0.5) is 11.4 Å². The van der Waals surface area contributed by atoms with Crippen LogP contribution in [0.15, 0.2) is 109 Å². The van der Waals surface area contributed by atoms with E-state index in [0.29, 0.717) is 6.42 Å². The molecule has 0 amide bonds. The van der Waals surface area contributed by atoms with Gasteiger partial charge >= 0.3 is 0 Å². The van der Waals surface area contributed by atoms with Crippen LogP contribution in [-0.2, 0) is 22.3 Å². The van der Waals surface area contributed by atoms with Gasteiger partial charge in [-0.2, -0.15) is 0 Å². The molecule has 0 bridgehead atoms. The molecule has 2 heterocycles. The van der Waals surface area contributed by atoms with Gasteiger partial charge in [0.05, 0.1) is 43.6 Å². The van der Waals surface area contributed by atoms with Gasteiger partial charge in [-0.3, -0.25) is 9.69 Å². The van der Waals surface area contributed by atoms with Crippen LogP contribution in [0.5, 0.6) is 0 Å². The van der Waals surface area contributed by atoms with Crippen LogP contribution in [0.3, 0.4) is 0 Å². The molecule has 4 aromatic rings. The predicted molar refractivity (Wildman–Crippen MR) is 222 cm³/mol. The number of hydrogen-bond acceptors (Lipinski definition) is 8. The fraction of sp³-hybridized carbons (Fsp3) is 0.457. The number of ketones is 1. The Bertz CT molecular complexity index is 1690. The van der Waals surface area contributed by atoms with E-state index in [9.17, 15) is 9.90 Å². The molecule has 2 fully saturated rings. The van der Waals surface area contributed by atoms with E-state index in [0.717, 1.165) is 88.7 Å². The van der Waals surface area contributed by atoms with Crippen LogP contribution in [0.1, 0.15) is 59.8 Å². The summed E-state index contributed by atoms with van der Waals surface area (Å²) >= 11 is 0. The Morgan fingerprint density at radius 2 is 1.07 bits per heavy atom. The molecular formula is C46H62N4O4. The number of anilines is 2. The van der Waals surface area contributed by atoms with E-state index in [1.165, 1.54) is 16.8 Å². The molecule has 0 spiro atoms. The molecule has 2 aliphatic heterocycles. The SMILES string of the molecule is CCC(Cc1ccccc1)(C(=O)c1ccc(N2CCOCC2)cc1)N(C)C.CCC(Cc1ccccc1)(C(O)c1ccc(N2CCOCC2)cc1)N(C)C. The summed E-state index contributed by atoms with van der Waals surface area (Å²) in [4.78, 5) is 22.5. The molecule has 0 saturated carbocycles. The minimum absolute atomic E-state index is 0.187. The van der Waals surface area contributed by atoms with E-state index in [1.807, 2.05) is 50.5 Å². The Hall–Kier alpha value is -4.05. The largest absolute Gasteiger partial charge is 0.386 e. The molecule has 3 atom stereocenters. The van der Waals surface area contributed by atoms with Crippen LogP contribution >= 0.6 is 0 Å². The number of ether oxygens (including phenoxy) is 2. The van der Waals surface area contributed by atoms with Gasteiger partial charge in [-0.05, 0) is 107 Å². The Labute approximate surface area is 324 Å². The van der Waals surface area contributed by atoms with Gasteiger partial charge in [0.2, 0.25) is 0 Å².